The normalized spacial score (nSPS) is 14.8. The molecule has 8 heteroatoms. The fourth-order valence-corrected chi connectivity index (χ4v) is 12.9. The van der Waals surface area contributed by atoms with Crippen molar-refractivity contribution in [2.24, 2.45) is 5.92 Å². The van der Waals surface area contributed by atoms with Gasteiger partial charge in [0.15, 0.2) is 0 Å². The molecule has 0 heterocycles. The molecule has 0 aliphatic rings. The average molecular weight is 478 g/mol. The van der Waals surface area contributed by atoms with Gasteiger partial charge >= 0.3 is 8.56 Å². The molecule has 0 saturated heterocycles. The van der Waals surface area contributed by atoms with Crippen molar-refractivity contribution in [3.05, 3.63) is 0 Å². The predicted octanol–water partition coefficient (Wildman–Crippen LogP) is 6.23. The SMILES string of the molecule is CO[Si](C)(CCCN(CC(C)C(=O)O[Si](C(C)C)(C(C)C)C(C)C)[Si](C)(C)C)OC. The van der Waals surface area contributed by atoms with Crippen LogP contribution < -0.4 is 0 Å². The van der Waals surface area contributed by atoms with E-state index in [1.165, 1.54) is 0 Å². The van der Waals surface area contributed by atoms with Gasteiger partial charge in [0.2, 0.25) is 0 Å². The minimum absolute atomic E-state index is 0.00554. The Kier molecular flexibility index (Phi) is 12.3. The molecule has 0 N–H and O–H groups in total. The average Bonchev–Trinajstić information content (AvgIpc) is 2.62. The Balaban J connectivity index is 5.28. The van der Waals surface area contributed by atoms with Crippen LogP contribution in [0, 0.1) is 5.92 Å². The van der Waals surface area contributed by atoms with Crippen molar-refractivity contribution in [1.29, 1.82) is 0 Å². The quantitative estimate of drug-likeness (QED) is 0.277. The van der Waals surface area contributed by atoms with Crippen molar-refractivity contribution in [2.45, 2.75) is 104 Å². The monoisotopic (exact) mass is 477 g/mol. The lowest BCUT2D eigenvalue weighted by Crippen LogP contribution is -2.53. The maximum atomic E-state index is 13.2. The van der Waals surface area contributed by atoms with E-state index in [-0.39, 0.29) is 11.9 Å². The highest BCUT2D eigenvalue weighted by atomic mass is 28.4. The molecular formula is C22H51NO4Si3. The molecule has 0 aromatic carbocycles. The van der Waals surface area contributed by atoms with Crippen LogP contribution in [0.1, 0.15) is 54.9 Å². The Bertz CT molecular complexity index is 495. The van der Waals surface area contributed by atoms with Crippen molar-refractivity contribution in [3.8, 4) is 0 Å². The molecule has 0 fully saturated rings. The van der Waals surface area contributed by atoms with Gasteiger partial charge in [-0.1, -0.05) is 68.1 Å². The molecule has 0 bridgehead atoms. The van der Waals surface area contributed by atoms with E-state index in [2.05, 4.69) is 72.3 Å². The highest BCUT2D eigenvalue weighted by molar-refractivity contribution is 6.79. The molecule has 180 valence electrons. The van der Waals surface area contributed by atoms with Crippen LogP contribution in [0.4, 0.5) is 0 Å². The van der Waals surface area contributed by atoms with Crippen molar-refractivity contribution >= 4 is 31.1 Å². The Morgan fingerprint density at radius 3 is 1.60 bits per heavy atom. The van der Waals surface area contributed by atoms with E-state index < -0.39 is 25.1 Å². The highest BCUT2D eigenvalue weighted by Gasteiger charge is 2.48. The lowest BCUT2D eigenvalue weighted by molar-refractivity contribution is -0.140. The molecule has 0 aliphatic carbocycles. The number of carbonyl (C=O) groups excluding carboxylic acids is 1. The summed E-state index contributed by atoms with van der Waals surface area (Å²) in [5.74, 6) is -0.123. The summed E-state index contributed by atoms with van der Waals surface area (Å²) in [6.45, 7) is 26.3. The van der Waals surface area contributed by atoms with Crippen LogP contribution in [-0.2, 0) is 18.1 Å². The minimum Gasteiger partial charge on any atom is -0.518 e. The molecule has 30 heavy (non-hydrogen) atoms. The zero-order valence-electron chi connectivity index (χ0n) is 22.2. The summed E-state index contributed by atoms with van der Waals surface area (Å²) >= 11 is 0. The first kappa shape index (κ1) is 30.0. The Labute approximate surface area is 190 Å². The summed E-state index contributed by atoms with van der Waals surface area (Å²) in [4.78, 5) is 13.2. The molecule has 0 spiro atoms. The summed E-state index contributed by atoms with van der Waals surface area (Å²) < 4.78 is 20.3. The molecule has 0 aromatic rings. The first-order valence-corrected chi connectivity index (χ1v) is 19.8. The third-order valence-corrected chi connectivity index (χ3v) is 18.0. The largest absolute Gasteiger partial charge is 0.518 e. The molecule has 0 rings (SSSR count). The van der Waals surface area contributed by atoms with E-state index in [0.29, 0.717) is 16.6 Å². The zero-order chi connectivity index (χ0) is 23.9. The van der Waals surface area contributed by atoms with E-state index in [0.717, 1.165) is 25.6 Å². The van der Waals surface area contributed by atoms with Gasteiger partial charge in [-0.3, -0.25) is 4.79 Å². The molecule has 0 saturated carbocycles. The first-order valence-electron chi connectivity index (χ1n) is 11.7. The smallest absolute Gasteiger partial charge is 0.334 e. The zero-order valence-corrected chi connectivity index (χ0v) is 25.2. The minimum atomic E-state index is -2.19. The van der Waals surface area contributed by atoms with Crippen molar-refractivity contribution < 1.29 is 18.1 Å². The second kappa shape index (κ2) is 12.3. The third-order valence-electron chi connectivity index (χ3n) is 6.75. The van der Waals surface area contributed by atoms with Crippen LogP contribution in [0.5, 0.6) is 0 Å². The van der Waals surface area contributed by atoms with Crippen LogP contribution in [0.2, 0.25) is 48.9 Å². The number of carbonyl (C=O) groups is 1. The Morgan fingerprint density at radius 1 is 0.833 bits per heavy atom. The summed E-state index contributed by atoms with van der Waals surface area (Å²) in [5.41, 5.74) is 1.23. The summed E-state index contributed by atoms with van der Waals surface area (Å²) in [6.07, 6.45) is 1.03. The maximum absolute atomic E-state index is 13.2. The summed E-state index contributed by atoms with van der Waals surface area (Å²) in [7, 11) is -2.32. The van der Waals surface area contributed by atoms with E-state index in [1.54, 1.807) is 14.2 Å². The predicted molar refractivity (Wildman–Crippen MR) is 136 cm³/mol. The molecule has 1 unspecified atom stereocenters. The van der Waals surface area contributed by atoms with Gasteiger partial charge in [0.05, 0.1) is 5.92 Å². The fourth-order valence-electron chi connectivity index (χ4n) is 4.61. The van der Waals surface area contributed by atoms with E-state index in [1.807, 2.05) is 6.92 Å². The molecule has 0 aliphatic heterocycles. The second-order valence-electron chi connectivity index (χ2n) is 10.9. The summed E-state index contributed by atoms with van der Waals surface area (Å²) in [5, 5.41) is 0. The van der Waals surface area contributed by atoms with Gasteiger partial charge in [-0.25, -0.2) is 0 Å². The Hall–Kier alpha value is 0.000649. The van der Waals surface area contributed by atoms with Crippen LogP contribution in [0.3, 0.4) is 0 Å². The van der Waals surface area contributed by atoms with Gasteiger partial charge < -0.3 is 17.8 Å². The third kappa shape index (κ3) is 8.17. The molecule has 1 atom stereocenters. The van der Waals surface area contributed by atoms with E-state index in [4.69, 9.17) is 13.3 Å². The number of rotatable bonds is 14. The standard InChI is InChI=1S/C22H51NO4Si3/c1-18(2)30(19(3)4,20(5)6)27-22(24)21(7)17-23(28(10,11)12)15-14-16-29(13,25-8)26-9/h18-21H,14-17H2,1-13H3. The lowest BCUT2D eigenvalue weighted by atomic mass is 10.2. The lowest BCUT2D eigenvalue weighted by Gasteiger charge is -2.42. The second-order valence-corrected chi connectivity index (χ2v) is 24.8. The van der Waals surface area contributed by atoms with Gasteiger partial charge in [-0.05, 0) is 42.2 Å². The van der Waals surface area contributed by atoms with Crippen LogP contribution >= 0.6 is 0 Å². The number of nitrogens with zero attached hydrogens (tertiary/aromatic N) is 1. The van der Waals surface area contributed by atoms with Crippen molar-refractivity contribution in [2.75, 3.05) is 27.3 Å². The molecule has 5 nitrogen and oxygen atoms in total. The molecular weight excluding hydrogens is 427 g/mol. The molecule has 0 aromatic heterocycles. The summed E-state index contributed by atoms with van der Waals surface area (Å²) in [6, 6.07) is 0.962. The van der Waals surface area contributed by atoms with Crippen LogP contribution in [-0.4, -0.2) is 63.0 Å². The van der Waals surface area contributed by atoms with Crippen LogP contribution in [0.15, 0.2) is 0 Å². The van der Waals surface area contributed by atoms with Crippen molar-refractivity contribution in [3.63, 3.8) is 0 Å². The highest BCUT2D eigenvalue weighted by Crippen LogP contribution is 2.42. The number of hydrogen-bond donors (Lipinski definition) is 0. The number of hydrogen-bond acceptors (Lipinski definition) is 5. The van der Waals surface area contributed by atoms with Crippen molar-refractivity contribution in [1.82, 2.24) is 4.57 Å². The van der Waals surface area contributed by atoms with Crippen LogP contribution in [0.25, 0.3) is 0 Å². The van der Waals surface area contributed by atoms with Gasteiger partial charge in [0, 0.05) is 20.8 Å². The topological polar surface area (TPSA) is 48.0 Å². The fraction of sp³-hybridized carbons (Fsp3) is 0.955. The first-order chi connectivity index (χ1) is 13.6. The molecule has 0 radical (unpaired) electrons. The van der Waals surface area contributed by atoms with Gasteiger partial charge in [0.25, 0.3) is 14.3 Å². The van der Waals surface area contributed by atoms with E-state index in [9.17, 15) is 4.79 Å². The van der Waals surface area contributed by atoms with E-state index >= 15 is 0 Å². The molecule has 0 amide bonds. The van der Waals surface area contributed by atoms with Gasteiger partial charge in [-0.15, -0.1) is 0 Å². The van der Waals surface area contributed by atoms with Gasteiger partial charge in [0.1, 0.15) is 8.24 Å². The van der Waals surface area contributed by atoms with Gasteiger partial charge in [-0.2, -0.15) is 0 Å². The Morgan fingerprint density at radius 2 is 1.27 bits per heavy atom. The maximum Gasteiger partial charge on any atom is 0.334 e.